The lowest BCUT2D eigenvalue weighted by molar-refractivity contribution is 0.313. The molecule has 0 saturated carbocycles. The zero-order valence-corrected chi connectivity index (χ0v) is 23.8. The van der Waals surface area contributed by atoms with Crippen LogP contribution in [-0.2, 0) is 6.54 Å². The highest BCUT2D eigenvalue weighted by atomic mass is 32.1. The molecule has 3 aromatic carbocycles. The number of nitrogens with zero attached hydrogens (tertiary/aromatic N) is 6. The quantitative estimate of drug-likeness (QED) is 0.197. The molecule has 1 saturated heterocycles. The van der Waals surface area contributed by atoms with Crippen LogP contribution in [-0.4, -0.2) is 57.9 Å². The van der Waals surface area contributed by atoms with Crippen LogP contribution in [0.15, 0.2) is 66.7 Å². The molecule has 206 valence electrons. The summed E-state index contributed by atoms with van der Waals surface area (Å²) in [7, 11) is 2.17. The Kier molecular flexibility index (Phi) is 7.75. The SMILES string of the molecule is CCCCCn1c(-c2ccc(F)cc2)nc2cc(Nc3nnc(-c4ccccc4)s3)c(N3CCN(C)CC3)cc21. The number of nitrogens with one attached hydrogen (secondary N) is 1. The van der Waals surface area contributed by atoms with E-state index in [1.807, 2.05) is 42.5 Å². The van der Waals surface area contributed by atoms with Gasteiger partial charge >= 0.3 is 0 Å². The number of imidazole rings is 1. The molecular formula is C31H34FN7S. The lowest BCUT2D eigenvalue weighted by Crippen LogP contribution is -2.44. The molecule has 9 heteroatoms. The van der Waals surface area contributed by atoms with Gasteiger partial charge in [0.1, 0.15) is 16.6 Å². The summed E-state index contributed by atoms with van der Waals surface area (Å²) < 4.78 is 16.1. The van der Waals surface area contributed by atoms with Crippen LogP contribution in [0.3, 0.4) is 0 Å². The van der Waals surface area contributed by atoms with Crippen LogP contribution in [0.1, 0.15) is 26.2 Å². The van der Waals surface area contributed by atoms with E-state index in [1.165, 1.54) is 12.1 Å². The van der Waals surface area contributed by atoms with Gasteiger partial charge in [0, 0.05) is 43.9 Å². The number of aromatic nitrogens is 4. The normalized spacial score (nSPS) is 14.2. The second-order valence-electron chi connectivity index (χ2n) is 10.4. The van der Waals surface area contributed by atoms with Crippen molar-refractivity contribution >= 4 is 38.9 Å². The van der Waals surface area contributed by atoms with Gasteiger partial charge in [-0.1, -0.05) is 61.4 Å². The Morgan fingerprint density at radius 1 is 0.900 bits per heavy atom. The van der Waals surface area contributed by atoms with Crippen LogP contribution in [0.5, 0.6) is 0 Å². The van der Waals surface area contributed by atoms with Crippen molar-refractivity contribution in [1.82, 2.24) is 24.6 Å². The monoisotopic (exact) mass is 555 g/mol. The summed E-state index contributed by atoms with van der Waals surface area (Å²) in [5, 5.41) is 14.1. The van der Waals surface area contributed by atoms with Crippen molar-refractivity contribution in [2.24, 2.45) is 0 Å². The first-order valence-electron chi connectivity index (χ1n) is 14.0. The Hall–Kier alpha value is -3.82. The number of piperazine rings is 1. The van der Waals surface area contributed by atoms with E-state index >= 15 is 0 Å². The number of rotatable bonds is 9. The predicted octanol–water partition coefficient (Wildman–Crippen LogP) is 7.05. The highest BCUT2D eigenvalue weighted by molar-refractivity contribution is 7.18. The maximum Gasteiger partial charge on any atom is 0.210 e. The predicted molar refractivity (Wildman–Crippen MR) is 163 cm³/mol. The van der Waals surface area contributed by atoms with Crippen LogP contribution in [0.25, 0.3) is 33.0 Å². The molecule has 6 rings (SSSR count). The van der Waals surface area contributed by atoms with E-state index in [1.54, 1.807) is 11.3 Å². The number of hydrogen-bond acceptors (Lipinski definition) is 7. The fourth-order valence-corrected chi connectivity index (χ4v) is 5.98. The highest BCUT2D eigenvalue weighted by Gasteiger charge is 2.22. The van der Waals surface area contributed by atoms with Gasteiger partial charge in [0.15, 0.2) is 0 Å². The summed E-state index contributed by atoms with van der Waals surface area (Å²) in [4.78, 5) is 9.89. The van der Waals surface area contributed by atoms with E-state index in [9.17, 15) is 4.39 Å². The molecule has 1 aliphatic heterocycles. The molecule has 7 nitrogen and oxygen atoms in total. The number of unbranched alkanes of at least 4 members (excludes halogenated alkanes) is 2. The van der Waals surface area contributed by atoms with Gasteiger partial charge in [-0.2, -0.15) is 0 Å². The number of hydrogen-bond donors (Lipinski definition) is 1. The Morgan fingerprint density at radius 3 is 2.42 bits per heavy atom. The first kappa shape index (κ1) is 26.4. The van der Waals surface area contributed by atoms with E-state index in [2.05, 4.69) is 56.0 Å². The standard InChI is InChI=1S/C31H34FN7S/c1-3-4-8-15-39-28-21-27(38-18-16-37(2)17-19-38)25(20-26(28)33-29(39)22-11-13-24(32)14-12-22)34-31-36-35-30(40-31)23-9-6-5-7-10-23/h5-7,9-14,20-21H,3-4,8,15-19H2,1-2H3,(H,34,36). The maximum atomic E-state index is 13.8. The number of aryl methyl sites for hydroxylation is 1. The summed E-state index contributed by atoms with van der Waals surface area (Å²) in [6.07, 6.45) is 3.35. The van der Waals surface area contributed by atoms with Gasteiger partial charge in [-0.3, -0.25) is 0 Å². The minimum atomic E-state index is -0.242. The van der Waals surface area contributed by atoms with Gasteiger partial charge in [0.25, 0.3) is 0 Å². The number of likely N-dealkylation sites (N-methyl/N-ethyl adjacent to an activating group) is 1. The molecule has 0 amide bonds. The zero-order chi connectivity index (χ0) is 27.5. The van der Waals surface area contributed by atoms with E-state index in [4.69, 9.17) is 4.98 Å². The molecule has 0 unspecified atom stereocenters. The molecule has 1 N–H and O–H groups in total. The van der Waals surface area contributed by atoms with Gasteiger partial charge in [0.2, 0.25) is 5.13 Å². The van der Waals surface area contributed by atoms with Crippen LogP contribution in [0, 0.1) is 5.82 Å². The number of halogens is 1. The van der Waals surface area contributed by atoms with Crippen molar-refractivity contribution in [2.45, 2.75) is 32.7 Å². The van der Waals surface area contributed by atoms with E-state index in [0.717, 1.165) is 101 Å². The van der Waals surface area contributed by atoms with Crippen molar-refractivity contribution < 1.29 is 4.39 Å². The van der Waals surface area contributed by atoms with E-state index < -0.39 is 0 Å². The molecule has 40 heavy (non-hydrogen) atoms. The zero-order valence-electron chi connectivity index (χ0n) is 23.0. The Labute approximate surface area is 238 Å². The van der Waals surface area contributed by atoms with Crippen LogP contribution >= 0.6 is 11.3 Å². The third-order valence-corrected chi connectivity index (χ3v) is 8.37. The maximum absolute atomic E-state index is 13.8. The molecule has 3 heterocycles. The molecule has 1 fully saturated rings. The van der Waals surface area contributed by atoms with Gasteiger partial charge in [-0.15, -0.1) is 10.2 Å². The third kappa shape index (κ3) is 5.57. The minimum absolute atomic E-state index is 0.242. The molecule has 0 aliphatic carbocycles. The first-order chi connectivity index (χ1) is 19.6. The summed E-state index contributed by atoms with van der Waals surface area (Å²) in [6, 6.07) is 21.2. The van der Waals surface area contributed by atoms with Gasteiger partial charge in [0.05, 0.1) is 22.4 Å². The van der Waals surface area contributed by atoms with Crippen molar-refractivity contribution in [2.75, 3.05) is 43.4 Å². The fraction of sp³-hybridized carbons (Fsp3) is 0.323. The first-order valence-corrected chi connectivity index (χ1v) is 14.8. The Balaban J connectivity index is 1.44. The molecule has 0 radical (unpaired) electrons. The molecule has 0 spiro atoms. The summed E-state index contributed by atoms with van der Waals surface area (Å²) in [5.41, 5.74) is 6.08. The number of benzene rings is 3. The van der Waals surface area contributed by atoms with Gasteiger partial charge < -0.3 is 19.7 Å². The van der Waals surface area contributed by atoms with Crippen LogP contribution < -0.4 is 10.2 Å². The summed E-state index contributed by atoms with van der Waals surface area (Å²) >= 11 is 1.54. The van der Waals surface area contributed by atoms with E-state index in [0.29, 0.717) is 0 Å². The fourth-order valence-electron chi connectivity index (χ4n) is 5.22. The Morgan fingerprint density at radius 2 is 1.68 bits per heavy atom. The summed E-state index contributed by atoms with van der Waals surface area (Å²) in [5.74, 6) is 0.628. The van der Waals surface area contributed by atoms with Crippen molar-refractivity contribution in [3.63, 3.8) is 0 Å². The molecular weight excluding hydrogens is 521 g/mol. The van der Waals surface area contributed by atoms with Crippen LogP contribution in [0.4, 0.5) is 20.9 Å². The van der Waals surface area contributed by atoms with Gasteiger partial charge in [-0.25, -0.2) is 9.37 Å². The second-order valence-corrected chi connectivity index (χ2v) is 11.3. The largest absolute Gasteiger partial charge is 0.367 e. The van der Waals surface area contributed by atoms with Gasteiger partial charge in [-0.05, 0) is 49.9 Å². The molecule has 0 bridgehead atoms. The van der Waals surface area contributed by atoms with E-state index in [-0.39, 0.29) is 5.82 Å². The molecule has 5 aromatic rings. The summed E-state index contributed by atoms with van der Waals surface area (Å²) in [6.45, 7) is 6.97. The second kappa shape index (κ2) is 11.7. The average Bonchev–Trinajstić information content (AvgIpc) is 3.59. The smallest absolute Gasteiger partial charge is 0.210 e. The van der Waals surface area contributed by atoms with Crippen molar-refractivity contribution in [3.05, 3.63) is 72.5 Å². The lowest BCUT2D eigenvalue weighted by Gasteiger charge is -2.35. The average molecular weight is 556 g/mol. The highest BCUT2D eigenvalue weighted by Crippen LogP contribution is 2.38. The minimum Gasteiger partial charge on any atom is -0.367 e. The van der Waals surface area contributed by atoms with Crippen LogP contribution in [0.2, 0.25) is 0 Å². The Bertz CT molecular complexity index is 1570. The number of anilines is 3. The third-order valence-electron chi connectivity index (χ3n) is 7.48. The van der Waals surface area contributed by atoms with Crippen molar-refractivity contribution in [3.8, 4) is 22.0 Å². The number of fused-ring (bicyclic) bond motifs is 1. The molecule has 1 aliphatic rings. The van der Waals surface area contributed by atoms with Crippen molar-refractivity contribution in [1.29, 1.82) is 0 Å². The lowest BCUT2D eigenvalue weighted by atomic mass is 10.1. The molecule has 2 aromatic heterocycles. The topological polar surface area (TPSA) is 62.1 Å². The molecule has 0 atom stereocenters.